The number of nitrogens with one attached hydrogen (secondary N) is 2. The van der Waals surface area contributed by atoms with Gasteiger partial charge in [-0.2, -0.15) is 13.2 Å². The summed E-state index contributed by atoms with van der Waals surface area (Å²) in [5, 5.41) is 6.11. The van der Waals surface area contributed by atoms with Crippen molar-refractivity contribution in [2.45, 2.75) is 19.6 Å². The Morgan fingerprint density at radius 2 is 1.95 bits per heavy atom. The number of aromatic nitrogens is 2. The predicted molar refractivity (Wildman–Crippen MR) is 137 cm³/mol. The highest BCUT2D eigenvalue weighted by molar-refractivity contribution is 6.06. The van der Waals surface area contributed by atoms with Crippen LogP contribution in [0.15, 0.2) is 67.1 Å². The molecule has 1 fully saturated rings. The summed E-state index contributed by atoms with van der Waals surface area (Å²) in [4.78, 5) is 35.1. The summed E-state index contributed by atoms with van der Waals surface area (Å²) in [6, 6.07) is 12.5. The van der Waals surface area contributed by atoms with Gasteiger partial charge in [0.25, 0.3) is 5.91 Å². The first-order valence-electron chi connectivity index (χ1n) is 12.0. The number of nitrogens with zero attached hydrogens (tertiary/aromatic N) is 3. The van der Waals surface area contributed by atoms with Gasteiger partial charge in [0, 0.05) is 60.4 Å². The van der Waals surface area contributed by atoms with Crippen LogP contribution in [-0.2, 0) is 17.5 Å². The minimum atomic E-state index is -4.63. The summed E-state index contributed by atoms with van der Waals surface area (Å²) in [5.41, 5.74) is 2.65. The molecule has 2 N–H and O–H groups in total. The van der Waals surface area contributed by atoms with E-state index < -0.39 is 17.6 Å². The number of anilines is 1. The van der Waals surface area contributed by atoms with Crippen LogP contribution < -0.4 is 10.6 Å². The van der Waals surface area contributed by atoms with Crippen molar-refractivity contribution in [2.24, 2.45) is 0 Å². The molecule has 4 aromatic rings. The molecular weight excluding hydrogens is 495 g/mol. The maximum absolute atomic E-state index is 13.9. The molecule has 2 aromatic heterocycles. The molecule has 3 heterocycles. The maximum Gasteiger partial charge on any atom is 0.416 e. The number of fused-ring (bicyclic) bond motifs is 1. The summed E-state index contributed by atoms with van der Waals surface area (Å²) in [7, 11) is 0. The Kier molecular flexibility index (Phi) is 6.81. The van der Waals surface area contributed by atoms with Crippen molar-refractivity contribution < 1.29 is 22.8 Å². The summed E-state index contributed by atoms with van der Waals surface area (Å²) in [6.45, 7) is 2.76. The number of carbonyl (C=O) groups is 2. The van der Waals surface area contributed by atoms with E-state index in [0.29, 0.717) is 13.1 Å². The zero-order valence-electron chi connectivity index (χ0n) is 20.5. The molecule has 1 aliphatic heterocycles. The van der Waals surface area contributed by atoms with Crippen LogP contribution >= 0.6 is 0 Å². The Hall–Kier alpha value is -4.31. The molecule has 0 spiro atoms. The lowest BCUT2D eigenvalue weighted by atomic mass is 9.97. The Morgan fingerprint density at radius 1 is 1.11 bits per heavy atom. The van der Waals surface area contributed by atoms with Crippen molar-refractivity contribution in [2.75, 3.05) is 25.0 Å². The molecule has 0 radical (unpaired) electrons. The second kappa shape index (κ2) is 10.2. The Morgan fingerprint density at radius 3 is 2.74 bits per heavy atom. The molecule has 194 valence electrons. The molecule has 2 amide bonds. The molecule has 1 aliphatic rings. The standard InChI is InChI=1S/C28H24F3N5O2/c1-17-4-5-18(11-22(17)23-14-32-13-19-3-2-8-34-26(19)23)27(38)35-21-7-6-20(24(12-21)28(29,30)31)15-36-10-9-33-25(37)16-36/h2-8,11-14H,9-10,15-16H2,1H3,(H,33,37)(H,35,38). The van der Waals surface area contributed by atoms with Crippen LogP contribution in [0, 0.1) is 6.92 Å². The number of halogens is 3. The average Bonchev–Trinajstić information content (AvgIpc) is 2.89. The second-order valence-electron chi connectivity index (χ2n) is 9.18. The van der Waals surface area contributed by atoms with Crippen molar-refractivity contribution >= 4 is 28.4 Å². The Labute approximate surface area is 216 Å². The highest BCUT2D eigenvalue weighted by atomic mass is 19.4. The Bertz CT molecular complexity index is 1530. The van der Waals surface area contributed by atoms with Gasteiger partial charge in [-0.1, -0.05) is 12.1 Å². The molecule has 0 aliphatic carbocycles. The molecule has 2 aromatic carbocycles. The fraction of sp³-hybridized carbons (Fsp3) is 0.214. The fourth-order valence-corrected chi connectivity index (χ4v) is 4.58. The van der Waals surface area contributed by atoms with Gasteiger partial charge in [-0.25, -0.2) is 0 Å². The largest absolute Gasteiger partial charge is 0.416 e. The van der Waals surface area contributed by atoms with Gasteiger partial charge in [-0.15, -0.1) is 0 Å². The molecule has 0 atom stereocenters. The van der Waals surface area contributed by atoms with Crippen molar-refractivity contribution in [3.05, 3.63) is 89.4 Å². The van der Waals surface area contributed by atoms with E-state index >= 15 is 0 Å². The van der Waals surface area contributed by atoms with Crippen LogP contribution in [0.3, 0.4) is 0 Å². The molecule has 1 saturated heterocycles. The molecule has 0 unspecified atom stereocenters. The van der Waals surface area contributed by atoms with Crippen LogP contribution in [0.25, 0.3) is 22.0 Å². The van der Waals surface area contributed by atoms with E-state index in [1.807, 2.05) is 19.1 Å². The number of alkyl halides is 3. The monoisotopic (exact) mass is 519 g/mol. The van der Waals surface area contributed by atoms with Crippen molar-refractivity contribution in [3.63, 3.8) is 0 Å². The number of hydrogen-bond donors (Lipinski definition) is 2. The van der Waals surface area contributed by atoms with Gasteiger partial charge in [-0.3, -0.25) is 24.5 Å². The van der Waals surface area contributed by atoms with E-state index in [-0.39, 0.29) is 35.8 Å². The minimum Gasteiger partial charge on any atom is -0.354 e. The lowest BCUT2D eigenvalue weighted by Gasteiger charge is -2.27. The zero-order valence-corrected chi connectivity index (χ0v) is 20.5. The van der Waals surface area contributed by atoms with Crippen molar-refractivity contribution in [1.29, 1.82) is 0 Å². The number of carbonyl (C=O) groups excluding carboxylic acids is 2. The summed E-state index contributed by atoms with van der Waals surface area (Å²) < 4.78 is 41.7. The third kappa shape index (κ3) is 5.35. The molecule has 0 saturated carbocycles. The molecule has 10 heteroatoms. The topological polar surface area (TPSA) is 87.2 Å². The van der Waals surface area contributed by atoms with Gasteiger partial charge in [0.15, 0.2) is 0 Å². The molecule has 38 heavy (non-hydrogen) atoms. The van der Waals surface area contributed by atoms with Gasteiger partial charge in [0.05, 0.1) is 17.6 Å². The van der Waals surface area contributed by atoms with E-state index in [2.05, 4.69) is 20.6 Å². The van der Waals surface area contributed by atoms with Gasteiger partial charge < -0.3 is 10.6 Å². The first kappa shape index (κ1) is 25.3. The Balaban J connectivity index is 1.42. The van der Waals surface area contributed by atoms with Crippen LogP contribution in [-0.4, -0.2) is 46.3 Å². The zero-order chi connectivity index (χ0) is 26.9. The molecule has 5 rings (SSSR count). The van der Waals surface area contributed by atoms with Crippen molar-refractivity contribution in [3.8, 4) is 11.1 Å². The van der Waals surface area contributed by atoms with Gasteiger partial charge in [0.2, 0.25) is 5.91 Å². The van der Waals surface area contributed by atoms with Crippen LogP contribution in [0.1, 0.15) is 27.0 Å². The highest BCUT2D eigenvalue weighted by Crippen LogP contribution is 2.35. The summed E-state index contributed by atoms with van der Waals surface area (Å²) >= 11 is 0. The number of pyridine rings is 2. The average molecular weight is 520 g/mol. The van der Waals surface area contributed by atoms with Gasteiger partial charge in [0.1, 0.15) is 0 Å². The molecule has 7 nitrogen and oxygen atoms in total. The molecular formula is C28H24F3N5O2. The third-order valence-electron chi connectivity index (χ3n) is 6.49. The van der Waals surface area contributed by atoms with E-state index in [1.54, 1.807) is 41.7 Å². The molecule has 0 bridgehead atoms. The number of aryl methyl sites for hydroxylation is 1. The minimum absolute atomic E-state index is 0.0229. The number of piperazine rings is 1. The second-order valence-corrected chi connectivity index (χ2v) is 9.18. The predicted octanol–water partition coefficient (Wildman–Crippen LogP) is 4.81. The van der Waals surface area contributed by atoms with Crippen molar-refractivity contribution in [1.82, 2.24) is 20.2 Å². The lowest BCUT2D eigenvalue weighted by Crippen LogP contribution is -2.47. The van der Waals surface area contributed by atoms with Crippen LogP contribution in [0.5, 0.6) is 0 Å². The van der Waals surface area contributed by atoms with E-state index in [1.165, 1.54) is 12.1 Å². The normalized spacial score (nSPS) is 14.4. The SMILES string of the molecule is Cc1ccc(C(=O)Nc2ccc(CN3CCNC(=O)C3)c(C(F)(F)F)c2)cc1-c1cncc2cccnc12. The van der Waals surface area contributed by atoms with Crippen LogP contribution in [0.2, 0.25) is 0 Å². The van der Waals surface area contributed by atoms with Crippen LogP contribution in [0.4, 0.5) is 18.9 Å². The smallest absolute Gasteiger partial charge is 0.354 e. The number of hydrogen-bond acceptors (Lipinski definition) is 5. The fourth-order valence-electron chi connectivity index (χ4n) is 4.58. The van der Waals surface area contributed by atoms with E-state index in [4.69, 9.17) is 0 Å². The third-order valence-corrected chi connectivity index (χ3v) is 6.49. The summed E-state index contributed by atoms with van der Waals surface area (Å²) in [5.74, 6) is -0.762. The van der Waals surface area contributed by atoms with E-state index in [9.17, 15) is 22.8 Å². The van der Waals surface area contributed by atoms with Gasteiger partial charge in [-0.05, 0) is 60.0 Å². The summed E-state index contributed by atoms with van der Waals surface area (Å²) in [6.07, 6.45) is 0.443. The first-order valence-corrected chi connectivity index (χ1v) is 12.0. The number of rotatable bonds is 5. The highest BCUT2D eigenvalue weighted by Gasteiger charge is 2.34. The quantitative estimate of drug-likeness (QED) is 0.395. The number of amides is 2. The van der Waals surface area contributed by atoms with E-state index in [0.717, 1.165) is 33.7 Å². The van der Waals surface area contributed by atoms with Gasteiger partial charge >= 0.3 is 6.18 Å². The maximum atomic E-state index is 13.9. The first-order chi connectivity index (χ1) is 18.2. The number of benzene rings is 2. The lowest BCUT2D eigenvalue weighted by molar-refractivity contribution is -0.138.